The lowest BCUT2D eigenvalue weighted by Gasteiger charge is -2.13. The van der Waals surface area contributed by atoms with Crippen LogP contribution in [0.1, 0.15) is 33.6 Å². The van der Waals surface area contributed by atoms with Crippen molar-refractivity contribution in [1.29, 1.82) is 0 Å². The highest BCUT2D eigenvalue weighted by molar-refractivity contribution is 8.60. The Hall–Kier alpha value is 1.35. The first kappa shape index (κ1) is 17.7. The lowest BCUT2D eigenvalue weighted by atomic mass is 10.4. The van der Waals surface area contributed by atoms with Gasteiger partial charge < -0.3 is 9.05 Å². The SMILES string of the molecule is CCCCP.CCOP(=S)(S)OCC. The van der Waals surface area contributed by atoms with E-state index < -0.39 is 5.69 Å². The van der Waals surface area contributed by atoms with Crippen LogP contribution >= 0.6 is 27.2 Å². The molecule has 0 bridgehead atoms. The third kappa shape index (κ3) is 15.8. The lowest BCUT2D eigenvalue weighted by molar-refractivity contribution is 0.281. The van der Waals surface area contributed by atoms with Gasteiger partial charge in [-0.15, -0.1) is 9.24 Å². The van der Waals surface area contributed by atoms with Crippen molar-refractivity contribution in [2.45, 2.75) is 33.6 Å². The molecule has 0 N–H and O–H groups in total. The lowest BCUT2D eigenvalue weighted by Crippen LogP contribution is -1.88. The maximum absolute atomic E-state index is 5.04. The molecule has 0 radical (unpaired) electrons. The van der Waals surface area contributed by atoms with Crippen molar-refractivity contribution >= 4 is 39.0 Å². The molecule has 88 valence electrons. The molecule has 0 saturated carbocycles. The summed E-state index contributed by atoms with van der Waals surface area (Å²) >= 11 is 8.90. The van der Waals surface area contributed by atoms with E-state index in [1.165, 1.54) is 19.0 Å². The smallest absolute Gasteiger partial charge is 0.244 e. The van der Waals surface area contributed by atoms with Gasteiger partial charge in [-0.25, -0.2) is 0 Å². The highest BCUT2D eigenvalue weighted by Gasteiger charge is 2.08. The maximum Gasteiger partial charge on any atom is 0.244 e. The second-order valence-electron chi connectivity index (χ2n) is 2.45. The van der Waals surface area contributed by atoms with Crippen LogP contribution in [0.4, 0.5) is 0 Å². The second-order valence-corrected chi connectivity index (χ2v) is 8.31. The van der Waals surface area contributed by atoms with E-state index in [4.69, 9.17) is 20.9 Å². The first-order valence-corrected chi connectivity index (χ1v) is 9.46. The van der Waals surface area contributed by atoms with E-state index in [2.05, 4.69) is 28.4 Å². The van der Waals surface area contributed by atoms with Crippen molar-refractivity contribution in [1.82, 2.24) is 0 Å². The van der Waals surface area contributed by atoms with Crippen LogP contribution < -0.4 is 0 Å². The van der Waals surface area contributed by atoms with Crippen LogP contribution in [0.5, 0.6) is 0 Å². The summed E-state index contributed by atoms with van der Waals surface area (Å²) in [5.74, 6) is 0. The minimum atomic E-state index is -2.16. The Balaban J connectivity index is 0. The van der Waals surface area contributed by atoms with Crippen molar-refractivity contribution in [3.63, 3.8) is 0 Å². The Labute approximate surface area is 101 Å². The summed E-state index contributed by atoms with van der Waals surface area (Å²) in [5.41, 5.74) is -2.16. The number of rotatable bonds is 6. The highest BCUT2D eigenvalue weighted by atomic mass is 32.9. The van der Waals surface area contributed by atoms with E-state index >= 15 is 0 Å². The Morgan fingerprint density at radius 3 is 1.79 bits per heavy atom. The molecule has 0 heterocycles. The predicted octanol–water partition coefficient (Wildman–Crippen LogP) is 3.88. The molecule has 0 aromatic carbocycles. The standard InChI is InChI=1S/C4H11O2PS2.C4H11P/c1-3-5-7(8,9)6-4-2;1-2-3-4-5/h3-4H2,1-2H3,(H,8,9);2-5H2,1H3. The normalized spacial score (nSPS) is 10.6. The average Bonchev–Trinajstić information content (AvgIpc) is 2.06. The first-order chi connectivity index (χ1) is 6.54. The molecule has 0 saturated heterocycles. The van der Waals surface area contributed by atoms with Crippen LogP contribution in [-0.2, 0) is 20.9 Å². The van der Waals surface area contributed by atoms with Gasteiger partial charge in [-0.3, -0.25) is 0 Å². The van der Waals surface area contributed by atoms with Crippen molar-refractivity contribution < 1.29 is 9.05 Å². The first-order valence-electron chi connectivity index (χ1n) is 4.85. The number of thiol groups is 1. The monoisotopic (exact) mass is 276 g/mol. The molecule has 6 heteroatoms. The second kappa shape index (κ2) is 12.4. The summed E-state index contributed by atoms with van der Waals surface area (Å²) in [5, 5.41) is 0. The van der Waals surface area contributed by atoms with Gasteiger partial charge in [-0.1, -0.05) is 32.0 Å². The molecule has 2 nitrogen and oxygen atoms in total. The fourth-order valence-electron chi connectivity index (χ4n) is 0.568. The van der Waals surface area contributed by atoms with Gasteiger partial charge >= 0.3 is 0 Å². The van der Waals surface area contributed by atoms with Crippen LogP contribution in [-0.4, -0.2) is 19.4 Å². The van der Waals surface area contributed by atoms with Crippen LogP contribution in [0.25, 0.3) is 0 Å². The zero-order valence-electron chi connectivity index (χ0n) is 9.23. The minimum Gasteiger partial charge on any atom is -0.322 e. The van der Waals surface area contributed by atoms with E-state index in [0.29, 0.717) is 13.2 Å². The predicted molar refractivity (Wildman–Crippen MR) is 76.0 cm³/mol. The quantitative estimate of drug-likeness (QED) is 0.587. The van der Waals surface area contributed by atoms with Gasteiger partial charge in [0.15, 0.2) is 0 Å². The molecule has 0 aromatic rings. The van der Waals surface area contributed by atoms with Gasteiger partial charge in [0.1, 0.15) is 0 Å². The third-order valence-corrected chi connectivity index (χ3v) is 4.04. The topological polar surface area (TPSA) is 18.5 Å². The summed E-state index contributed by atoms with van der Waals surface area (Å²) in [7, 11) is 2.70. The van der Waals surface area contributed by atoms with E-state index in [1.54, 1.807) is 0 Å². The van der Waals surface area contributed by atoms with Crippen LogP contribution in [0, 0.1) is 0 Å². The summed E-state index contributed by atoms with van der Waals surface area (Å²) in [6.07, 6.45) is 3.94. The Morgan fingerprint density at radius 1 is 1.21 bits per heavy atom. The van der Waals surface area contributed by atoms with Crippen LogP contribution in [0.2, 0.25) is 0 Å². The van der Waals surface area contributed by atoms with Crippen LogP contribution in [0.3, 0.4) is 0 Å². The molecular formula is C8H22O2P2S2. The summed E-state index contributed by atoms with van der Waals surface area (Å²) < 4.78 is 10.1. The van der Waals surface area contributed by atoms with Crippen molar-refractivity contribution in [3.8, 4) is 0 Å². The molecule has 0 fully saturated rings. The fraction of sp³-hybridized carbons (Fsp3) is 1.00. The molecule has 0 rings (SSSR count). The highest BCUT2D eigenvalue weighted by Crippen LogP contribution is 2.52. The van der Waals surface area contributed by atoms with Gasteiger partial charge in [0, 0.05) is 0 Å². The third-order valence-electron chi connectivity index (χ3n) is 1.14. The van der Waals surface area contributed by atoms with Gasteiger partial charge in [0.25, 0.3) is 0 Å². The molecule has 0 spiro atoms. The minimum absolute atomic E-state index is 0.570. The van der Waals surface area contributed by atoms with E-state index in [9.17, 15) is 0 Å². The van der Waals surface area contributed by atoms with E-state index in [0.717, 1.165) is 0 Å². The molecule has 1 atom stereocenters. The zero-order chi connectivity index (χ0) is 11.4. The molecule has 0 aliphatic rings. The van der Waals surface area contributed by atoms with E-state index in [-0.39, 0.29) is 0 Å². The van der Waals surface area contributed by atoms with Crippen molar-refractivity contribution in [2.24, 2.45) is 0 Å². The summed E-state index contributed by atoms with van der Waals surface area (Å²) in [4.78, 5) is 0. The Morgan fingerprint density at radius 2 is 1.64 bits per heavy atom. The number of hydrogen-bond acceptors (Lipinski definition) is 3. The van der Waals surface area contributed by atoms with Gasteiger partial charge in [0.2, 0.25) is 5.69 Å². The molecule has 0 aromatic heterocycles. The molecule has 0 amide bonds. The zero-order valence-corrected chi connectivity index (χ0v) is 13.0. The molecule has 0 aliphatic carbocycles. The summed E-state index contributed by atoms with van der Waals surface area (Å²) in [6.45, 7) is 7.08. The van der Waals surface area contributed by atoms with E-state index in [1.807, 2.05) is 13.8 Å². The van der Waals surface area contributed by atoms with Gasteiger partial charge in [-0.05, 0) is 31.8 Å². The maximum atomic E-state index is 5.04. The molecule has 14 heavy (non-hydrogen) atoms. The molecule has 1 unspecified atom stereocenters. The number of unbranched alkanes of at least 4 members (excludes halogenated alkanes) is 1. The summed E-state index contributed by atoms with van der Waals surface area (Å²) in [6, 6.07) is 0. The van der Waals surface area contributed by atoms with Crippen molar-refractivity contribution in [2.75, 3.05) is 19.4 Å². The van der Waals surface area contributed by atoms with Gasteiger partial charge in [-0.2, -0.15) is 0 Å². The largest absolute Gasteiger partial charge is 0.322 e. The Bertz CT molecular complexity index is 144. The van der Waals surface area contributed by atoms with Crippen LogP contribution in [0.15, 0.2) is 0 Å². The fourth-order valence-corrected chi connectivity index (χ4v) is 3.03. The van der Waals surface area contributed by atoms with Gasteiger partial charge in [0.05, 0.1) is 13.2 Å². The molecule has 0 aliphatic heterocycles. The Kier molecular flexibility index (Phi) is 15.7. The average molecular weight is 276 g/mol. The van der Waals surface area contributed by atoms with Crippen molar-refractivity contribution in [3.05, 3.63) is 0 Å². The molecular weight excluding hydrogens is 254 g/mol. The number of hydrogen-bond donors (Lipinski definition) is 1.